The van der Waals surface area contributed by atoms with E-state index in [0.717, 1.165) is 29.6 Å². The maximum Gasteiger partial charge on any atom is 0.331 e. The van der Waals surface area contributed by atoms with Crippen molar-refractivity contribution in [3.63, 3.8) is 0 Å². The molecule has 1 aliphatic rings. The van der Waals surface area contributed by atoms with E-state index in [-0.39, 0.29) is 22.6 Å². The second kappa shape index (κ2) is 7.29. The number of hydrogen-bond donors (Lipinski definition) is 0. The second-order valence-electron chi connectivity index (χ2n) is 8.11. The number of unbranched alkanes of at least 4 members (excludes halogenated alkanes) is 1. The zero-order chi connectivity index (χ0) is 17.8. The maximum atomic E-state index is 12.8. The Balaban J connectivity index is 3.18. The van der Waals surface area contributed by atoms with E-state index in [4.69, 9.17) is 4.74 Å². The Morgan fingerprint density at radius 1 is 1.04 bits per heavy atom. The highest BCUT2D eigenvalue weighted by Crippen LogP contribution is 2.38. The van der Waals surface area contributed by atoms with Crippen LogP contribution in [0.1, 0.15) is 61.3 Å². The number of hydrogen-bond acceptors (Lipinski definition) is 3. The lowest BCUT2D eigenvalue weighted by atomic mass is 9.72. The average molecular weight is 318 g/mol. The van der Waals surface area contributed by atoms with E-state index in [1.165, 1.54) is 6.08 Å². The van der Waals surface area contributed by atoms with Crippen molar-refractivity contribution in [3.8, 4) is 0 Å². The first kappa shape index (κ1) is 19.4. The average Bonchev–Trinajstić information content (AvgIpc) is 2.38. The standard InChI is InChI=1S/C20H30O3/c1-8-9-10-23-17(21)13-14-11-15(19(2,3)4)18(22)16(12-14)20(5,6)7/h11-13H,8-10H2,1-7H3. The Kier molecular flexibility index (Phi) is 6.15. The van der Waals surface area contributed by atoms with Crippen LogP contribution in [-0.2, 0) is 14.3 Å². The number of ketones is 1. The van der Waals surface area contributed by atoms with Crippen LogP contribution in [0.2, 0.25) is 0 Å². The molecule has 3 heteroatoms. The van der Waals surface area contributed by atoms with Crippen LogP contribution < -0.4 is 0 Å². The molecule has 0 aromatic carbocycles. The van der Waals surface area contributed by atoms with Crippen LogP contribution in [0.5, 0.6) is 0 Å². The molecule has 0 bridgehead atoms. The molecule has 0 aliphatic heterocycles. The van der Waals surface area contributed by atoms with Gasteiger partial charge in [-0.25, -0.2) is 4.79 Å². The monoisotopic (exact) mass is 318 g/mol. The van der Waals surface area contributed by atoms with Crippen LogP contribution in [0, 0.1) is 10.8 Å². The molecular formula is C20H30O3. The summed E-state index contributed by atoms with van der Waals surface area (Å²) in [5.41, 5.74) is 1.66. The summed E-state index contributed by atoms with van der Waals surface area (Å²) in [5.74, 6) is -0.279. The summed E-state index contributed by atoms with van der Waals surface area (Å²) in [7, 11) is 0. The first-order chi connectivity index (χ1) is 10.5. The van der Waals surface area contributed by atoms with Crippen LogP contribution in [0.3, 0.4) is 0 Å². The highest BCUT2D eigenvalue weighted by atomic mass is 16.5. The van der Waals surface area contributed by atoms with Crippen LogP contribution in [0.4, 0.5) is 0 Å². The fourth-order valence-electron chi connectivity index (χ4n) is 2.34. The summed E-state index contributed by atoms with van der Waals surface area (Å²) >= 11 is 0. The van der Waals surface area contributed by atoms with Crippen molar-refractivity contribution in [3.05, 3.63) is 34.9 Å². The van der Waals surface area contributed by atoms with Crippen molar-refractivity contribution in [2.45, 2.75) is 61.3 Å². The lowest BCUT2D eigenvalue weighted by Crippen LogP contribution is -2.28. The molecule has 0 fully saturated rings. The minimum Gasteiger partial charge on any atom is -0.463 e. The second-order valence-corrected chi connectivity index (χ2v) is 8.11. The zero-order valence-electron chi connectivity index (χ0n) is 15.6. The van der Waals surface area contributed by atoms with E-state index in [2.05, 4.69) is 6.92 Å². The van der Waals surface area contributed by atoms with Crippen molar-refractivity contribution >= 4 is 11.8 Å². The molecule has 0 heterocycles. The van der Waals surface area contributed by atoms with Crippen LogP contribution >= 0.6 is 0 Å². The lowest BCUT2D eigenvalue weighted by Gasteiger charge is -2.31. The Labute approximate surface area is 140 Å². The van der Waals surface area contributed by atoms with Gasteiger partial charge in [0.25, 0.3) is 0 Å². The third-order valence-electron chi connectivity index (χ3n) is 3.75. The Hall–Kier alpha value is -1.64. The van der Waals surface area contributed by atoms with E-state index < -0.39 is 0 Å². The third kappa shape index (κ3) is 5.49. The molecule has 0 spiro atoms. The number of carbonyl (C=O) groups is 2. The van der Waals surface area contributed by atoms with Crippen molar-refractivity contribution in [1.82, 2.24) is 0 Å². The number of Topliss-reactive ketones (excluding diaryl/α,β-unsaturated/α-hetero) is 1. The topological polar surface area (TPSA) is 43.4 Å². The molecule has 0 unspecified atom stereocenters. The van der Waals surface area contributed by atoms with Crippen molar-refractivity contribution < 1.29 is 14.3 Å². The van der Waals surface area contributed by atoms with Gasteiger partial charge in [0.1, 0.15) is 0 Å². The number of carbonyl (C=O) groups excluding carboxylic acids is 2. The minimum absolute atomic E-state index is 0.0708. The maximum absolute atomic E-state index is 12.8. The Morgan fingerprint density at radius 2 is 1.52 bits per heavy atom. The van der Waals surface area contributed by atoms with Gasteiger partial charge >= 0.3 is 5.97 Å². The fourth-order valence-corrected chi connectivity index (χ4v) is 2.34. The smallest absolute Gasteiger partial charge is 0.331 e. The highest BCUT2D eigenvalue weighted by Gasteiger charge is 2.34. The molecule has 0 aromatic heterocycles. The van der Waals surface area contributed by atoms with Gasteiger partial charge in [0.05, 0.1) is 6.61 Å². The first-order valence-corrected chi connectivity index (χ1v) is 8.34. The normalized spacial score (nSPS) is 16.0. The fraction of sp³-hybridized carbons (Fsp3) is 0.600. The predicted octanol–water partition coefficient (Wildman–Crippen LogP) is 4.78. The van der Waals surface area contributed by atoms with Crippen LogP contribution in [0.25, 0.3) is 0 Å². The van der Waals surface area contributed by atoms with E-state index in [1.807, 2.05) is 53.7 Å². The summed E-state index contributed by atoms with van der Waals surface area (Å²) in [4.78, 5) is 24.7. The Bertz CT molecular complexity index is 525. The van der Waals surface area contributed by atoms with Crippen LogP contribution in [0.15, 0.2) is 34.9 Å². The van der Waals surface area contributed by atoms with Gasteiger partial charge in [-0.15, -0.1) is 0 Å². The van der Waals surface area contributed by atoms with Crippen molar-refractivity contribution in [2.24, 2.45) is 10.8 Å². The summed E-state index contributed by atoms with van der Waals surface area (Å²) in [6.07, 6.45) is 6.97. The summed E-state index contributed by atoms with van der Waals surface area (Å²) in [6.45, 7) is 14.6. The molecule has 3 nitrogen and oxygen atoms in total. The molecule has 0 saturated heterocycles. The van der Waals surface area contributed by atoms with Gasteiger partial charge in [0.15, 0.2) is 5.78 Å². The SMILES string of the molecule is CCCCOC(=O)C=C1C=C(C(C)(C)C)C(=O)C(C(C)(C)C)=C1. The largest absolute Gasteiger partial charge is 0.463 e. The number of ether oxygens (including phenoxy) is 1. The summed E-state index contributed by atoms with van der Waals surface area (Å²) in [6, 6.07) is 0. The van der Waals surface area contributed by atoms with Gasteiger partial charge in [0, 0.05) is 17.2 Å². The quantitative estimate of drug-likeness (QED) is 0.425. The van der Waals surface area contributed by atoms with Crippen LogP contribution in [-0.4, -0.2) is 18.4 Å². The van der Waals surface area contributed by atoms with Gasteiger partial charge in [-0.1, -0.05) is 54.9 Å². The third-order valence-corrected chi connectivity index (χ3v) is 3.75. The zero-order valence-corrected chi connectivity index (χ0v) is 15.6. The Morgan fingerprint density at radius 3 is 1.91 bits per heavy atom. The number of allylic oxidation sites excluding steroid dienone is 5. The summed E-state index contributed by atoms with van der Waals surface area (Å²) in [5, 5.41) is 0. The van der Waals surface area contributed by atoms with E-state index >= 15 is 0 Å². The van der Waals surface area contributed by atoms with Crippen molar-refractivity contribution in [2.75, 3.05) is 6.61 Å². The van der Waals surface area contributed by atoms with Gasteiger partial charge in [-0.3, -0.25) is 4.79 Å². The van der Waals surface area contributed by atoms with E-state index in [1.54, 1.807) is 0 Å². The molecule has 0 N–H and O–H groups in total. The molecule has 0 aromatic rings. The molecule has 23 heavy (non-hydrogen) atoms. The van der Waals surface area contributed by atoms with E-state index in [9.17, 15) is 9.59 Å². The highest BCUT2D eigenvalue weighted by molar-refractivity contribution is 6.12. The van der Waals surface area contributed by atoms with E-state index in [0.29, 0.717) is 6.61 Å². The van der Waals surface area contributed by atoms with Crippen molar-refractivity contribution in [1.29, 1.82) is 0 Å². The van der Waals surface area contributed by atoms with Gasteiger partial charge in [-0.2, -0.15) is 0 Å². The summed E-state index contributed by atoms with van der Waals surface area (Å²) < 4.78 is 5.19. The number of esters is 1. The first-order valence-electron chi connectivity index (χ1n) is 8.34. The molecule has 128 valence electrons. The molecular weight excluding hydrogens is 288 g/mol. The predicted molar refractivity (Wildman–Crippen MR) is 94.0 cm³/mol. The molecule has 0 radical (unpaired) electrons. The van der Waals surface area contributed by atoms with Gasteiger partial charge in [-0.05, 0) is 35.0 Å². The minimum atomic E-state index is -0.350. The van der Waals surface area contributed by atoms with Gasteiger partial charge in [0.2, 0.25) is 0 Å². The van der Waals surface area contributed by atoms with Gasteiger partial charge < -0.3 is 4.74 Å². The molecule has 1 aliphatic carbocycles. The molecule has 1 rings (SSSR count). The molecule has 0 amide bonds. The number of rotatable bonds is 4. The lowest BCUT2D eigenvalue weighted by molar-refractivity contribution is -0.137. The molecule has 0 saturated carbocycles. The molecule has 0 atom stereocenters.